The molecule has 0 amide bonds. The molecule has 0 bridgehead atoms. The highest BCUT2D eigenvalue weighted by molar-refractivity contribution is 5.73. The van der Waals surface area contributed by atoms with Crippen LogP contribution in [0.15, 0.2) is 30.5 Å². The quantitative estimate of drug-likeness (QED) is 0.894. The van der Waals surface area contributed by atoms with Gasteiger partial charge in [-0.1, -0.05) is 12.1 Å². The van der Waals surface area contributed by atoms with Gasteiger partial charge in [-0.2, -0.15) is 0 Å². The first-order chi connectivity index (χ1) is 8.88. The second-order valence-electron chi connectivity index (χ2n) is 4.67. The van der Waals surface area contributed by atoms with Crippen molar-refractivity contribution in [2.45, 2.75) is 12.5 Å². The van der Waals surface area contributed by atoms with Crippen LogP contribution in [-0.4, -0.2) is 30.2 Å². The maximum Gasteiger partial charge on any atom is 0.0890 e. The highest BCUT2D eigenvalue weighted by Gasteiger charge is 2.27. The fraction of sp³-hybridized carbons (Fsp3) is 0.429. The number of hydrogen-bond acceptors (Lipinski definition) is 4. The zero-order valence-corrected chi connectivity index (χ0v) is 10.5. The van der Waals surface area contributed by atoms with Gasteiger partial charge in [-0.3, -0.25) is 4.98 Å². The minimum atomic E-state index is 0.226. The predicted molar refractivity (Wildman–Crippen MR) is 70.3 cm³/mol. The van der Waals surface area contributed by atoms with Crippen molar-refractivity contribution in [3.05, 3.63) is 36.2 Å². The van der Waals surface area contributed by atoms with Gasteiger partial charge in [-0.05, 0) is 25.6 Å². The van der Waals surface area contributed by atoms with E-state index in [1.807, 2.05) is 37.5 Å². The first-order valence-electron chi connectivity index (χ1n) is 6.35. The fourth-order valence-electron chi connectivity index (χ4n) is 2.56. The molecule has 18 heavy (non-hydrogen) atoms. The topological polar surface area (TPSA) is 47.0 Å². The van der Waals surface area contributed by atoms with Crippen LogP contribution in [-0.2, 0) is 4.74 Å². The molecule has 1 fully saturated rings. The Bertz CT molecular complexity index is 537. The lowest BCUT2D eigenvalue weighted by Crippen LogP contribution is -2.26. The van der Waals surface area contributed by atoms with E-state index in [1.165, 1.54) is 0 Å². The van der Waals surface area contributed by atoms with Crippen LogP contribution in [0.3, 0.4) is 0 Å². The van der Waals surface area contributed by atoms with Crippen molar-refractivity contribution >= 4 is 11.0 Å². The molecule has 2 heterocycles. The highest BCUT2D eigenvalue weighted by Crippen LogP contribution is 2.27. The van der Waals surface area contributed by atoms with E-state index in [2.05, 4.69) is 10.3 Å². The summed E-state index contributed by atoms with van der Waals surface area (Å²) in [4.78, 5) is 9.19. The average Bonchev–Trinajstić information content (AvgIpc) is 2.93. The molecule has 94 valence electrons. The van der Waals surface area contributed by atoms with E-state index >= 15 is 0 Å². The summed E-state index contributed by atoms with van der Waals surface area (Å²) < 4.78 is 5.46. The van der Waals surface area contributed by atoms with Crippen molar-refractivity contribution in [2.75, 3.05) is 20.3 Å². The zero-order valence-electron chi connectivity index (χ0n) is 10.5. The minimum absolute atomic E-state index is 0.226. The van der Waals surface area contributed by atoms with E-state index in [0.29, 0.717) is 5.92 Å². The van der Waals surface area contributed by atoms with Gasteiger partial charge in [0.25, 0.3) is 0 Å². The van der Waals surface area contributed by atoms with Gasteiger partial charge in [0.2, 0.25) is 0 Å². The van der Waals surface area contributed by atoms with Crippen molar-refractivity contribution in [1.82, 2.24) is 15.3 Å². The SMILES string of the molecule is CNC(c1cnc2ccccc2n1)C1CCOC1. The molecular weight excluding hydrogens is 226 g/mol. The van der Waals surface area contributed by atoms with Crippen LogP contribution in [0.4, 0.5) is 0 Å². The summed E-state index contributed by atoms with van der Waals surface area (Å²) in [6.45, 7) is 1.66. The third kappa shape index (κ3) is 2.09. The number of benzene rings is 1. The van der Waals surface area contributed by atoms with Gasteiger partial charge in [0.15, 0.2) is 0 Å². The lowest BCUT2D eigenvalue weighted by Gasteiger charge is -2.21. The lowest BCUT2D eigenvalue weighted by atomic mass is 9.96. The Morgan fingerprint density at radius 2 is 2.17 bits per heavy atom. The monoisotopic (exact) mass is 243 g/mol. The number of rotatable bonds is 3. The van der Waals surface area contributed by atoms with E-state index in [4.69, 9.17) is 9.72 Å². The van der Waals surface area contributed by atoms with Gasteiger partial charge in [-0.25, -0.2) is 4.98 Å². The van der Waals surface area contributed by atoms with Crippen LogP contribution in [0.1, 0.15) is 18.2 Å². The van der Waals surface area contributed by atoms with Gasteiger partial charge in [-0.15, -0.1) is 0 Å². The van der Waals surface area contributed by atoms with Crippen molar-refractivity contribution in [1.29, 1.82) is 0 Å². The van der Waals surface area contributed by atoms with E-state index < -0.39 is 0 Å². The maximum atomic E-state index is 5.46. The first-order valence-corrected chi connectivity index (χ1v) is 6.35. The van der Waals surface area contributed by atoms with Gasteiger partial charge in [0, 0.05) is 12.5 Å². The third-order valence-electron chi connectivity index (χ3n) is 3.53. The molecule has 1 saturated heterocycles. The van der Waals surface area contributed by atoms with Crippen LogP contribution in [0, 0.1) is 5.92 Å². The Hall–Kier alpha value is -1.52. The fourth-order valence-corrected chi connectivity index (χ4v) is 2.56. The van der Waals surface area contributed by atoms with Crippen LogP contribution in [0.25, 0.3) is 11.0 Å². The average molecular weight is 243 g/mol. The molecule has 4 nitrogen and oxygen atoms in total. The number of fused-ring (bicyclic) bond motifs is 1. The molecule has 1 N–H and O–H groups in total. The number of hydrogen-bond donors (Lipinski definition) is 1. The molecule has 1 aromatic carbocycles. The zero-order chi connectivity index (χ0) is 12.4. The largest absolute Gasteiger partial charge is 0.381 e. The van der Waals surface area contributed by atoms with Gasteiger partial charge in [0.1, 0.15) is 0 Å². The predicted octanol–water partition coefficient (Wildman–Crippen LogP) is 1.93. The number of ether oxygens (including phenoxy) is 1. The van der Waals surface area contributed by atoms with Crippen LogP contribution >= 0.6 is 0 Å². The Labute approximate surface area is 106 Å². The molecule has 2 aromatic rings. The summed E-state index contributed by atoms with van der Waals surface area (Å²) in [6, 6.07) is 8.19. The molecule has 1 aliphatic rings. The van der Waals surface area contributed by atoms with Gasteiger partial charge in [0.05, 0.1) is 35.6 Å². The Morgan fingerprint density at radius 1 is 1.33 bits per heavy atom. The third-order valence-corrected chi connectivity index (χ3v) is 3.53. The van der Waals surface area contributed by atoms with E-state index in [0.717, 1.165) is 36.4 Å². The second kappa shape index (κ2) is 5.00. The normalized spacial score (nSPS) is 21.3. The van der Waals surface area contributed by atoms with Crippen LogP contribution in [0.5, 0.6) is 0 Å². The molecule has 4 heteroatoms. The van der Waals surface area contributed by atoms with Gasteiger partial charge < -0.3 is 10.1 Å². The van der Waals surface area contributed by atoms with Gasteiger partial charge >= 0.3 is 0 Å². The summed E-state index contributed by atoms with van der Waals surface area (Å²) in [7, 11) is 1.97. The van der Waals surface area contributed by atoms with Crippen molar-refractivity contribution in [3.8, 4) is 0 Å². The summed E-state index contributed by atoms with van der Waals surface area (Å²) in [5.74, 6) is 0.491. The number of nitrogens with zero attached hydrogens (tertiary/aromatic N) is 2. The Kier molecular flexibility index (Phi) is 3.21. The molecule has 3 rings (SSSR count). The standard InChI is InChI=1S/C14H17N3O/c1-15-14(10-6-7-18-9-10)13-8-16-11-4-2-3-5-12(11)17-13/h2-5,8,10,14-15H,6-7,9H2,1H3. The molecule has 0 radical (unpaired) electrons. The summed E-state index contributed by atoms with van der Waals surface area (Å²) in [6.07, 6.45) is 2.96. The van der Waals surface area contributed by atoms with E-state index in [9.17, 15) is 0 Å². The second-order valence-corrected chi connectivity index (χ2v) is 4.67. The molecule has 0 saturated carbocycles. The summed E-state index contributed by atoms with van der Waals surface area (Å²) in [5.41, 5.74) is 2.90. The minimum Gasteiger partial charge on any atom is -0.381 e. The van der Waals surface area contributed by atoms with Crippen molar-refractivity contribution < 1.29 is 4.74 Å². The molecule has 1 aromatic heterocycles. The molecule has 0 spiro atoms. The first kappa shape index (κ1) is 11.6. The molecule has 1 aliphatic heterocycles. The van der Waals surface area contributed by atoms with E-state index in [1.54, 1.807) is 0 Å². The highest BCUT2D eigenvalue weighted by atomic mass is 16.5. The summed E-state index contributed by atoms with van der Waals surface area (Å²) in [5, 5.41) is 3.34. The molecular formula is C14H17N3O. The number of aromatic nitrogens is 2. The molecule has 0 aliphatic carbocycles. The lowest BCUT2D eigenvalue weighted by molar-refractivity contribution is 0.177. The number of para-hydroxylation sites is 2. The Balaban J connectivity index is 1.96. The van der Waals surface area contributed by atoms with Crippen LogP contribution in [0.2, 0.25) is 0 Å². The van der Waals surface area contributed by atoms with Crippen molar-refractivity contribution in [2.24, 2.45) is 5.92 Å². The van der Waals surface area contributed by atoms with Crippen molar-refractivity contribution in [3.63, 3.8) is 0 Å². The Morgan fingerprint density at radius 3 is 2.89 bits per heavy atom. The number of nitrogens with one attached hydrogen (secondary N) is 1. The molecule has 2 atom stereocenters. The van der Waals surface area contributed by atoms with Crippen LogP contribution < -0.4 is 5.32 Å². The summed E-state index contributed by atoms with van der Waals surface area (Å²) >= 11 is 0. The maximum absolute atomic E-state index is 5.46. The van der Waals surface area contributed by atoms with E-state index in [-0.39, 0.29) is 6.04 Å². The molecule has 2 unspecified atom stereocenters. The smallest absolute Gasteiger partial charge is 0.0890 e.